The van der Waals surface area contributed by atoms with Gasteiger partial charge in [0.25, 0.3) is 0 Å². The maximum absolute atomic E-state index is 11.6. The van der Waals surface area contributed by atoms with Crippen molar-refractivity contribution in [2.45, 2.75) is 17.6 Å². The highest BCUT2D eigenvalue weighted by Gasteiger charge is 2.15. The zero-order valence-corrected chi connectivity index (χ0v) is 11.1. The molecule has 98 valence electrons. The lowest BCUT2D eigenvalue weighted by molar-refractivity contribution is 0.101. The van der Waals surface area contributed by atoms with Crippen LogP contribution in [0.5, 0.6) is 5.75 Å². The van der Waals surface area contributed by atoms with Gasteiger partial charge in [-0.25, -0.2) is 4.79 Å². The lowest BCUT2D eigenvalue weighted by Gasteiger charge is -2.03. The molecule has 2 rings (SSSR count). The van der Waals surface area contributed by atoms with E-state index in [1.54, 1.807) is 0 Å². The number of carbonyl (C=O) groups excluding carboxylic acids is 1. The molecule has 1 aromatic heterocycles. The number of hydrogen-bond acceptors (Lipinski definition) is 5. The minimum absolute atomic E-state index is 0.298. The van der Waals surface area contributed by atoms with Gasteiger partial charge in [0, 0.05) is 11.0 Å². The standard InChI is InChI=1S/C14H12O4S/c1-9(15)13-12(16)7-10(18-14(13)17)8-19-11-5-3-2-4-6-11/h2-7,16H,8H2,1H3. The molecule has 0 saturated carbocycles. The van der Waals surface area contributed by atoms with Crippen LogP contribution >= 0.6 is 11.8 Å². The highest BCUT2D eigenvalue weighted by atomic mass is 32.2. The van der Waals surface area contributed by atoms with Crippen molar-refractivity contribution in [2.24, 2.45) is 0 Å². The van der Waals surface area contributed by atoms with Crippen molar-refractivity contribution in [1.29, 1.82) is 0 Å². The third-order valence-electron chi connectivity index (χ3n) is 2.46. The molecule has 0 amide bonds. The Balaban J connectivity index is 2.19. The molecular weight excluding hydrogens is 264 g/mol. The van der Waals surface area contributed by atoms with Crippen LogP contribution in [-0.2, 0) is 5.75 Å². The SMILES string of the molecule is CC(=O)c1c(O)cc(CSc2ccccc2)oc1=O. The fourth-order valence-corrected chi connectivity index (χ4v) is 2.40. The van der Waals surface area contributed by atoms with Crippen molar-refractivity contribution in [3.05, 3.63) is 58.1 Å². The van der Waals surface area contributed by atoms with Crippen LogP contribution in [0.15, 0.2) is 50.5 Å². The Morgan fingerprint density at radius 3 is 2.58 bits per heavy atom. The van der Waals surface area contributed by atoms with Crippen LogP contribution in [0.1, 0.15) is 23.0 Å². The monoisotopic (exact) mass is 276 g/mol. The predicted octanol–water partition coefficient (Wildman–Crippen LogP) is 2.84. The quantitative estimate of drug-likeness (QED) is 0.687. The molecule has 4 nitrogen and oxygen atoms in total. The molecule has 19 heavy (non-hydrogen) atoms. The third kappa shape index (κ3) is 3.26. The van der Waals surface area contributed by atoms with E-state index >= 15 is 0 Å². The summed E-state index contributed by atoms with van der Waals surface area (Å²) in [6, 6.07) is 10.9. The molecule has 0 saturated heterocycles. The molecule has 1 aromatic carbocycles. The Morgan fingerprint density at radius 1 is 1.32 bits per heavy atom. The fraction of sp³-hybridized carbons (Fsp3) is 0.143. The molecule has 0 unspecified atom stereocenters. The number of carbonyl (C=O) groups is 1. The van der Waals surface area contributed by atoms with Crippen molar-refractivity contribution in [2.75, 3.05) is 0 Å². The number of aromatic hydroxyl groups is 1. The molecule has 0 aliphatic rings. The van der Waals surface area contributed by atoms with Gasteiger partial charge in [-0.15, -0.1) is 11.8 Å². The van der Waals surface area contributed by atoms with Crippen LogP contribution in [0.25, 0.3) is 0 Å². The maximum atomic E-state index is 11.6. The molecule has 0 fully saturated rings. The van der Waals surface area contributed by atoms with Gasteiger partial charge >= 0.3 is 5.63 Å². The number of rotatable bonds is 4. The van der Waals surface area contributed by atoms with Gasteiger partial charge in [0.2, 0.25) is 0 Å². The zero-order valence-electron chi connectivity index (χ0n) is 10.3. The lowest BCUT2D eigenvalue weighted by Crippen LogP contribution is -2.12. The molecule has 0 radical (unpaired) electrons. The molecule has 5 heteroatoms. The van der Waals surface area contributed by atoms with Crippen molar-refractivity contribution < 1.29 is 14.3 Å². The van der Waals surface area contributed by atoms with Gasteiger partial charge < -0.3 is 9.52 Å². The molecule has 2 aromatic rings. The normalized spacial score (nSPS) is 10.4. The maximum Gasteiger partial charge on any atom is 0.350 e. The van der Waals surface area contributed by atoms with E-state index in [0.717, 1.165) is 4.90 Å². The molecule has 0 spiro atoms. The van der Waals surface area contributed by atoms with Crippen LogP contribution in [0.2, 0.25) is 0 Å². The van der Waals surface area contributed by atoms with Crippen molar-refractivity contribution in [3.8, 4) is 5.75 Å². The van der Waals surface area contributed by atoms with E-state index < -0.39 is 11.4 Å². The summed E-state index contributed by atoms with van der Waals surface area (Å²) < 4.78 is 5.02. The topological polar surface area (TPSA) is 67.5 Å². The van der Waals surface area contributed by atoms with Gasteiger partial charge in [0.15, 0.2) is 5.78 Å². The van der Waals surface area contributed by atoms with Gasteiger partial charge in [-0.2, -0.15) is 0 Å². The fourth-order valence-electron chi connectivity index (χ4n) is 1.60. The number of Topliss-reactive ketones (excluding diaryl/α,β-unsaturated/α-hetero) is 1. The predicted molar refractivity (Wildman–Crippen MR) is 72.7 cm³/mol. The summed E-state index contributed by atoms with van der Waals surface area (Å²) in [5.41, 5.74) is -1.09. The highest BCUT2D eigenvalue weighted by Crippen LogP contribution is 2.24. The molecule has 1 heterocycles. The molecule has 0 bridgehead atoms. The van der Waals surface area contributed by atoms with Gasteiger partial charge in [-0.3, -0.25) is 4.79 Å². The third-order valence-corrected chi connectivity index (χ3v) is 3.49. The average molecular weight is 276 g/mol. The molecular formula is C14H12O4S. The highest BCUT2D eigenvalue weighted by molar-refractivity contribution is 7.98. The first-order chi connectivity index (χ1) is 9.08. The summed E-state index contributed by atoms with van der Waals surface area (Å²) in [4.78, 5) is 23.7. The minimum Gasteiger partial charge on any atom is -0.507 e. The summed E-state index contributed by atoms with van der Waals surface area (Å²) >= 11 is 1.48. The van der Waals surface area contributed by atoms with Crippen LogP contribution in [-0.4, -0.2) is 10.9 Å². The van der Waals surface area contributed by atoms with E-state index in [9.17, 15) is 14.7 Å². The van der Waals surface area contributed by atoms with E-state index in [-0.39, 0.29) is 11.3 Å². The van der Waals surface area contributed by atoms with E-state index in [2.05, 4.69) is 0 Å². The summed E-state index contributed by atoms with van der Waals surface area (Å²) in [7, 11) is 0. The van der Waals surface area contributed by atoms with Gasteiger partial charge in [-0.05, 0) is 19.1 Å². The first-order valence-corrected chi connectivity index (χ1v) is 6.61. The van der Waals surface area contributed by atoms with Crippen LogP contribution in [0, 0.1) is 0 Å². The largest absolute Gasteiger partial charge is 0.507 e. The van der Waals surface area contributed by atoms with Crippen LogP contribution in [0.4, 0.5) is 0 Å². The number of benzene rings is 1. The molecule has 1 N–H and O–H groups in total. The second-order valence-corrected chi connectivity index (χ2v) is 4.97. The molecule has 0 aliphatic carbocycles. The van der Waals surface area contributed by atoms with E-state index in [1.807, 2.05) is 30.3 Å². The van der Waals surface area contributed by atoms with E-state index in [4.69, 9.17) is 4.42 Å². The average Bonchev–Trinajstić information content (AvgIpc) is 2.36. The first kappa shape index (κ1) is 13.4. The van der Waals surface area contributed by atoms with Gasteiger partial charge in [-0.1, -0.05) is 18.2 Å². The van der Waals surface area contributed by atoms with Crippen molar-refractivity contribution in [1.82, 2.24) is 0 Å². The first-order valence-electron chi connectivity index (χ1n) is 5.62. The lowest BCUT2D eigenvalue weighted by atomic mass is 10.2. The second kappa shape index (κ2) is 5.75. The number of thioether (sulfide) groups is 1. The summed E-state index contributed by atoms with van der Waals surface area (Å²) in [6.07, 6.45) is 0. The molecule has 0 atom stereocenters. The Labute approximate surface area is 114 Å². The van der Waals surface area contributed by atoms with Crippen LogP contribution < -0.4 is 5.63 Å². The van der Waals surface area contributed by atoms with E-state index in [1.165, 1.54) is 24.8 Å². The zero-order chi connectivity index (χ0) is 13.8. The summed E-state index contributed by atoms with van der Waals surface area (Å²) in [5.74, 6) is -0.0902. The van der Waals surface area contributed by atoms with Crippen LogP contribution in [0.3, 0.4) is 0 Å². The van der Waals surface area contributed by atoms with Gasteiger partial charge in [0.05, 0.1) is 5.75 Å². The Morgan fingerprint density at radius 2 is 2.00 bits per heavy atom. The van der Waals surface area contributed by atoms with Crippen molar-refractivity contribution in [3.63, 3.8) is 0 Å². The molecule has 0 aliphatic heterocycles. The van der Waals surface area contributed by atoms with Gasteiger partial charge in [0.1, 0.15) is 17.1 Å². The summed E-state index contributed by atoms with van der Waals surface area (Å²) in [6.45, 7) is 1.21. The van der Waals surface area contributed by atoms with Crippen molar-refractivity contribution >= 4 is 17.5 Å². The minimum atomic E-state index is -0.795. The van der Waals surface area contributed by atoms with E-state index in [0.29, 0.717) is 11.5 Å². The summed E-state index contributed by atoms with van der Waals surface area (Å²) in [5, 5.41) is 9.65. The number of hydrogen-bond donors (Lipinski definition) is 1. The Kier molecular flexibility index (Phi) is 4.06. The number of ketones is 1. The Hall–Kier alpha value is -2.01. The Bertz CT molecular complexity index is 646. The smallest absolute Gasteiger partial charge is 0.350 e. The second-order valence-electron chi connectivity index (χ2n) is 3.92.